The third kappa shape index (κ3) is 4.66. The molecule has 1 fully saturated rings. The number of nitrogens with zero attached hydrogens (tertiary/aromatic N) is 3. The lowest BCUT2D eigenvalue weighted by Gasteiger charge is -2.37. The van der Waals surface area contributed by atoms with Gasteiger partial charge in [0.1, 0.15) is 11.6 Å². The number of ether oxygens (including phenoxy) is 2. The van der Waals surface area contributed by atoms with E-state index in [1.54, 1.807) is 28.1 Å². The number of amides is 2. The fourth-order valence-electron chi connectivity index (χ4n) is 3.88. The zero-order valence-electron chi connectivity index (χ0n) is 17.9. The van der Waals surface area contributed by atoms with E-state index in [0.29, 0.717) is 48.3 Å². The number of pyridine rings is 1. The monoisotopic (exact) mass is 461 g/mol. The van der Waals surface area contributed by atoms with Crippen molar-refractivity contribution in [1.29, 1.82) is 0 Å². The van der Waals surface area contributed by atoms with Gasteiger partial charge in [0, 0.05) is 37.3 Å². The molecule has 0 radical (unpaired) electrons. The van der Waals surface area contributed by atoms with Gasteiger partial charge in [-0.1, -0.05) is 42.1 Å². The molecule has 7 nitrogen and oxygen atoms in total. The van der Waals surface area contributed by atoms with E-state index in [1.165, 1.54) is 11.8 Å². The Morgan fingerprint density at radius 1 is 0.848 bits per heavy atom. The van der Waals surface area contributed by atoms with Crippen molar-refractivity contribution in [3.8, 4) is 11.5 Å². The zero-order valence-corrected chi connectivity index (χ0v) is 18.7. The maximum atomic E-state index is 13.3. The Hall–Kier alpha value is -3.52. The Kier molecular flexibility index (Phi) is 6.17. The number of carbonyl (C=O) groups is 2. The van der Waals surface area contributed by atoms with E-state index in [0.717, 1.165) is 4.90 Å². The third-order valence-electron chi connectivity index (χ3n) is 5.62. The van der Waals surface area contributed by atoms with Gasteiger partial charge in [0.25, 0.3) is 11.8 Å². The zero-order chi connectivity index (χ0) is 22.6. The summed E-state index contributed by atoms with van der Waals surface area (Å²) in [5.41, 5.74) is 0.576. The van der Waals surface area contributed by atoms with Crippen LogP contribution in [0.4, 0.5) is 0 Å². The summed E-state index contributed by atoms with van der Waals surface area (Å²) in [7, 11) is 0. The van der Waals surface area contributed by atoms with E-state index in [1.807, 2.05) is 54.6 Å². The Morgan fingerprint density at radius 2 is 1.55 bits per heavy atom. The number of para-hydroxylation sites is 2. The summed E-state index contributed by atoms with van der Waals surface area (Å²) in [6.07, 6.45) is 1.03. The van der Waals surface area contributed by atoms with Gasteiger partial charge < -0.3 is 19.3 Å². The molecule has 168 valence electrons. The SMILES string of the molecule is O=C(c1cccnc1Sc1ccccc1)N1CCN(C(=O)[C@H]2COc3ccccc3O2)CC1. The van der Waals surface area contributed by atoms with E-state index in [4.69, 9.17) is 9.47 Å². The van der Waals surface area contributed by atoms with E-state index in [2.05, 4.69) is 4.98 Å². The minimum atomic E-state index is -0.672. The molecule has 0 bridgehead atoms. The first kappa shape index (κ1) is 21.3. The maximum absolute atomic E-state index is 13.3. The lowest BCUT2D eigenvalue weighted by Crippen LogP contribution is -2.55. The summed E-state index contributed by atoms with van der Waals surface area (Å²) in [6, 6.07) is 20.8. The number of aromatic nitrogens is 1. The van der Waals surface area contributed by atoms with Gasteiger partial charge in [-0.15, -0.1) is 0 Å². The molecule has 1 atom stereocenters. The highest BCUT2D eigenvalue weighted by Crippen LogP contribution is 2.32. The Morgan fingerprint density at radius 3 is 2.33 bits per heavy atom. The normalized spacial score (nSPS) is 17.5. The largest absolute Gasteiger partial charge is 0.485 e. The molecular formula is C25H23N3O4S. The molecule has 3 aromatic rings. The summed E-state index contributed by atoms with van der Waals surface area (Å²) in [5, 5.41) is 0.679. The van der Waals surface area contributed by atoms with Gasteiger partial charge >= 0.3 is 0 Å². The van der Waals surface area contributed by atoms with Crippen LogP contribution in [0.15, 0.2) is 82.8 Å². The average molecular weight is 462 g/mol. The lowest BCUT2D eigenvalue weighted by molar-refractivity contribution is -0.142. The molecule has 2 aromatic carbocycles. The molecule has 0 aliphatic carbocycles. The van der Waals surface area contributed by atoms with Crippen LogP contribution in [-0.4, -0.2) is 65.5 Å². The number of piperazine rings is 1. The summed E-state index contributed by atoms with van der Waals surface area (Å²) in [4.78, 5) is 35.2. The predicted octanol–water partition coefficient (Wildman–Crippen LogP) is 3.36. The Labute approximate surface area is 196 Å². The van der Waals surface area contributed by atoms with Crippen molar-refractivity contribution < 1.29 is 19.1 Å². The second-order valence-corrected chi connectivity index (χ2v) is 8.82. The van der Waals surface area contributed by atoms with Crippen molar-refractivity contribution >= 4 is 23.6 Å². The van der Waals surface area contributed by atoms with Crippen LogP contribution in [0.25, 0.3) is 0 Å². The molecule has 0 unspecified atom stereocenters. The average Bonchev–Trinajstić information content (AvgIpc) is 2.88. The van der Waals surface area contributed by atoms with Gasteiger partial charge in [-0.05, 0) is 36.4 Å². The summed E-state index contributed by atoms with van der Waals surface area (Å²) in [6.45, 7) is 2.00. The molecule has 0 N–H and O–H groups in total. The van der Waals surface area contributed by atoms with Crippen LogP contribution in [0.2, 0.25) is 0 Å². The molecule has 0 saturated carbocycles. The number of rotatable bonds is 4. The first-order chi connectivity index (χ1) is 16.2. The molecule has 8 heteroatoms. The van der Waals surface area contributed by atoms with Gasteiger partial charge in [0.15, 0.2) is 11.5 Å². The van der Waals surface area contributed by atoms with Crippen LogP contribution < -0.4 is 9.47 Å². The first-order valence-corrected chi connectivity index (χ1v) is 11.6. The third-order valence-corrected chi connectivity index (χ3v) is 6.65. The molecular weight excluding hydrogens is 438 g/mol. The fraction of sp³-hybridized carbons (Fsp3) is 0.240. The minimum Gasteiger partial charge on any atom is -0.485 e. The molecule has 3 heterocycles. The molecule has 2 aliphatic rings. The van der Waals surface area contributed by atoms with Gasteiger partial charge in [0.05, 0.1) is 5.56 Å². The molecule has 1 saturated heterocycles. The lowest BCUT2D eigenvalue weighted by atomic mass is 10.2. The van der Waals surface area contributed by atoms with Crippen molar-refractivity contribution in [2.24, 2.45) is 0 Å². The van der Waals surface area contributed by atoms with E-state index in [9.17, 15) is 9.59 Å². The van der Waals surface area contributed by atoms with Crippen molar-refractivity contribution in [2.45, 2.75) is 16.0 Å². The second kappa shape index (κ2) is 9.54. The predicted molar refractivity (Wildman–Crippen MR) is 124 cm³/mol. The van der Waals surface area contributed by atoms with Crippen molar-refractivity contribution in [3.63, 3.8) is 0 Å². The van der Waals surface area contributed by atoms with Gasteiger partial charge in [-0.3, -0.25) is 9.59 Å². The van der Waals surface area contributed by atoms with Crippen molar-refractivity contribution in [1.82, 2.24) is 14.8 Å². The fourth-order valence-corrected chi connectivity index (χ4v) is 4.78. The van der Waals surface area contributed by atoms with Gasteiger partial charge in [-0.25, -0.2) is 4.98 Å². The van der Waals surface area contributed by atoms with Gasteiger partial charge in [0.2, 0.25) is 6.10 Å². The number of benzene rings is 2. The van der Waals surface area contributed by atoms with Gasteiger partial charge in [-0.2, -0.15) is 0 Å². The van der Waals surface area contributed by atoms with Crippen LogP contribution in [0.5, 0.6) is 11.5 Å². The Balaban J connectivity index is 1.21. The summed E-state index contributed by atoms with van der Waals surface area (Å²) in [5.74, 6) is 1.05. The molecule has 5 rings (SSSR count). The number of fused-ring (bicyclic) bond motifs is 1. The van der Waals surface area contributed by atoms with E-state index < -0.39 is 6.10 Å². The van der Waals surface area contributed by atoms with Crippen LogP contribution in [0.3, 0.4) is 0 Å². The molecule has 2 amide bonds. The van der Waals surface area contributed by atoms with Crippen LogP contribution >= 0.6 is 11.8 Å². The van der Waals surface area contributed by atoms with Crippen molar-refractivity contribution in [3.05, 3.63) is 78.5 Å². The van der Waals surface area contributed by atoms with Crippen LogP contribution in [0.1, 0.15) is 10.4 Å². The topological polar surface area (TPSA) is 72.0 Å². The standard InChI is InChI=1S/C25H23N3O4S/c29-24(19-9-6-12-26-23(19)33-18-7-2-1-3-8-18)27-13-15-28(16-14-27)25(30)22-17-31-20-10-4-5-11-21(20)32-22/h1-12,22H,13-17H2/t22-/m1/s1. The molecule has 1 aromatic heterocycles. The summed E-state index contributed by atoms with van der Waals surface area (Å²) < 4.78 is 11.5. The van der Waals surface area contributed by atoms with E-state index in [-0.39, 0.29) is 18.4 Å². The van der Waals surface area contributed by atoms with Crippen LogP contribution in [0, 0.1) is 0 Å². The quantitative estimate of drug-likeness (QED) is 0.593. The highest BCUT2D eigenvalue weighted by Gasteiger charge is 2.34. The number of hydrogen-bond acceptors (Lipinski definition) is 6. The number of carbonyl (C=O) groups excluding carboxylic acids is 2. The van der Waals surface area contributed by atoms with Crippen LogP contribution in [-0.2, 0) is 4.79 Å². The van der Waals surface area contributed by atoms with E-state index >= 15 is 0 Å². The maximum Gasteiger partial charge on any atom is 0.267 e. The highest BCUT2D eigenvalue weighted by atomic mass is 32.2. The summed E-state index contributed by atoms with van der Waals surface area (Å²) >= 11 is 1.47. The molecule has 0 spiro atoms. The smallest absolute Gasteiger partial charge is 0.267 e. The minimum absolute atomic E-state index is 0.0696. The first-order valence-electron chi connectivity index (χ1n) is 10.8. The second-order valence-electron chi connectivity index (χ2n) is 7.75. The Bertz CT molecular complexity index is 1150. The molecule has 33 heavy (non-hydrogen) atoms. The highest BCUT2D eigenvalue weighted by molar-refractivity contribution is 7.99. The van der Waals surface area contributed by atoms with Crippen molar-refractivity contribution in [2.75, 3.05) is 32.8 Å². The number of hydrogen-bond donors (Lipinski definition) is 0. The molecule has 2 aliphatic heterocycles.